The normalized spacial score (nSPS) is 15.4. The molecule has 0 fully saturated rings. The molecule has 0 saturated heterocycles. The Hall–Kier alpha value is -0.630. The molecule has 0 aromatic carbocycles. The second-order valence-electron chi connectivity index (χ2n) is 4.06. The molecule has 16 heavy (non-hydrogen) atoms. The maximum atomic E-state index is 11.9. The molecule has 1 aliphatic heterocycles. The predicted molar refractivity (Wildman–Crippen MR) is 69.3 cm³/mol. The molecule has 88 valence electrons. The summed E-state index contributed by atoms with van der Waals surface area (Å²) in [5.41, 5.74) is 1.70. The van der Waals surface area contributed by atoms with E-state index in [1.54, 1.807) is 19.0 Å². The Balaban J connectivity index is 2.39. The minimum atomic E-state index is -0.0232. The number of aromatic nitrogens is 2. The van der Waals surface area contributed by atoms with Crippen LogP contribution < -0.4 is 5.32 Å². The van der Waals surface area contributed by atoms with Gasteiger partial charge in [0.15, 0.2) is 5.69 Å². The van der Waals surface area contributed by atoms with Crippen LogP contribution >= 0.6 is 22.6 Å². The zero-order chi connectivity index (χ0) is 11.7. The smallest absolute Gasteiger partial charge is 0.274 e. The number of nitrogens with one attached hydrogen (secondary N) is 1. The van der Waals surface area contributed by atoms with Gasteiger partial charge in [-0.05, 0) is 35.6 Å². The van der Waals surface area contributed by atoms with E-state index in [4.69, 9.17) is 0 Å². The first-order chi connectivity index (χ1) is 7.61. The van der Waals surface area contributed by atoms with Crippen molar-refractivity contribution in [2.24, 2.45) is 0 Å². The number of carbonyl (C=O) groups excluding carboxylic acids is 1. The molecule has 0 spiro atoms. The van der Waals surface area contributed by atoms with E-state index in [0.29, 0.717) is 5.69 Å². The molecule has 0 unspecified atom stereocenters. The predicted octanol–water partition coefficient (Wildman–Crippen LogP) is 0.683. The lowest BCUT2D eigenvalue weighted by Gasteiger charge is -2.07. The van der Waals surface area contributed by atoms with Crippen molar-refractivity contribution in [2.45, 2.75) is 19.5 Å². The van der Waals surface area contributed by atoms with E-state index in [1.807, 2.05) is 4.68 Å². The van der Waals surface area contributed by atoms with E-state index in [-0.39, 0.29) is 5.91 Å². The molecule has 0 radical (unpaired) electrons. The van der Waals surface area contributed by atoms with Crippen LogP contribution in [-0.4, -0.2) is 41.2 Å². The van der Waals surface area contributed by atoms with Crippen LogP contribution in [0.5, 0.6) is 0 Å². The highest BCUT2D eigenvalue weighted by Crippen LogP contribution is 2.19. The van der Waals surface area contributed by atoms with Crippen LogP contribution in [0.3, 0.4) is 0 Å². The Morgan fingerprint density at radius 2 is 2.31 bits per heavy atom. The van der Waals surface area contributed by atoms with Crippen molar-refractivity contribution in [3.05, 3.63) is 15.0 Å². The molecule has 6 heteroatoms. The van der Waals surface area contributed by atoms with Gasteiger partial charge in [0.25, 0.3) is 5.91 Å². The number of carbonyl (C=O) groups is 1. The van der Waals surface area contributed by atoms with Crippen molar-refractivity contribution < 1.29 is 4.79 Å². The van der Waals surface area contributed by atoms with Crippen molar-refractivity contribution >= 4 is 28.5 Å². The van der Waals surface area contributed by atoms with Gasteiger partial charge in [-0.15, -0.1) is 0 Å². The molecule has 1 aromatic rings. The van der Waals surface area contributed by atoms with Crippen molar-refractivity contribution in [3.63, 3.8) is 0 Å². The lowest BCUT2D eigenvalue weighted by atomic mass is 10.3. The van der Waals surface area contributed by atoms with E-state index in [2.05, 4.69) is 33.0 Å². The monoisotopic (exact) mass is 334 g/mol. The van der Waals surface area contributed by atoms with Crippen LogP contribution in [0.25, 0.3) is 0 Å². The van der Waals surface area contributed by atoms with Gasteiger partial charge in [-0.2, -0.15) is 5.10 Å². The third-order valence-corrected chi connectivity index (χ3v) is 3.75. The molecule has 0 saturated carbocycles. The number of nitrogens with zero attached hydrogens (tertiary/aromatic N) is 3. The molecule has 1 N–H and O–H groups in total. The van der Waals surface area contributed by atoms with Crippen molar-refractivity contribution in [1.29, 1.82) is 0 Å². The highest BCUT2D eigenvalue weighted by Gasteiger charge is 2.22. The fourth-order valence-electron chi connectivity index (χ4n) is 1.74. The lowest BCUT2D eigenvalue weighted by molar-refractivity contribution is 0.0820. The second kappa shape index (κ2) is 4.70. The maximum absolute atomic E-state index is 11.9. The number of hydrogen-bond acceptors (Lipinski definition) is 3. The Bertz CT molecular complexity index is 413. The van der Waals surface area contributed by atoms with Crippen molar-refractivity contribution in [1.82, 2.24) is 20.0 Å². The highest BCUT2D eigenvalue weighted by molar-refractivity contribution is 14.1. The zero-order valence-corrected chi connectivity index (χ0v) is 11.6. The SMILES string of the molecule is CN(C)C(=O)c1nn2c(c1I)CNCCC2. The minimum Gasteiger partial charge on any atom is -0.343 e. The van der Waals surface area contributed by atoms with Crippen LogP contribution in [-0.2, 0) is 13.1 Å². The fraction of sp³-hybridized carbons (Fsp3) is 0.600. The summed E-state index contributed by atoms with van der Waals surface area (Å²) in [6, 6.07) is 0. The van der Waals surface area contributed by atoms with Gasteiger partial charge in [0, 0.05) is 27.2 Å². The first-order valence-electron chi connectivity index (χ1n) is 5.29. The molecular weight excluding hydrogens is 319 g/mol. The fourth-order valence-corrected chi connectivity index (χ4v) is 2.55. The summed E-state index contributed by atoms with van der Waals surface area (Å²) < 4.78 is 2.93. The third-order valence-electron chi connectivity index (χ3n) is 2.62. The summed E-state index contributed by atoms with van der Waals surface area (Å²) in [6.45, 7) is 2.70. The third kappa shape index (κ3) is 2.08. The summed E-state index contributed by atoms with van der Waals surface area (Å²) in [6.07, 6.45) is 1.06. The molecule has 0 atom stereocenters. The van der Waals surface area contributed by atoms with E-state index in [0.717, 1.165) is 35.3 Å². The molecule has 0 bridgehead atoms. The molecule has 2 rings (SSSR count). The van der Waals surface area contributed by atoms with Gasteiger partial charge in [-0.25, -0.2) is 0 Å². The molecule has 1 aliphatic rings. The summed E-state index contributed by atoms with van der Waals surface area (Å²) >= 11 is 2.21. The van der Waals surface area contributed by atoms with Gasteiger partial charge in [-0.1, -0.05) is 0 Å². The average Bonchev–Trinajstić information content (AvgIpc) is 2.45. The minimum absolute atomic E-state index is 0.0232. The first-order valence-corrected chi connectivity index (χ1v) is 6.36. The Morgan fingerprint density at radius 1 is 1.56 bits per heavy atom. The molecule has 1 aromatic heterocycles. The van der Waals surface area contributed by atoms with Gasteiger partial charge in [0.05, 0.1) is 9.26 Å². The molecular formula is C10H15IN4O. The van der Waals surface area contributed by atoms with Crippen molar-refractivity contribution in [2.75, 3.05) is 20.6 Å². The number of rotatable bonds is 1. The topological polar surface area (TPSA) is 50.2 Å². The summed E-state index contributed by atoms with van der Waals surface area (Å²) in [5.74, 6) is -0.0232. The molecule has 5 nitrogen and oxygen atoms in total. The summed E-state index contributed by atoms with van der Waals surface area (Å²) in [4.78, 5) is 13.5. The number of hydrogen-bond donors (Lipinski definition) is 1. The van der Waals surface area contributed by atoms with E-state index in [1.165, 1.54) is 0 Å². The van der Waals surface area contributed by atoms with E-state index < -0.39 is 0 Å². The zero-order valence-electron chi connectivity index (χ0n) is 9.46. The van der Waals surface area contributed by atoms with Crippen LogP contribution in [0.2, 0.25) is 0 Å². The van der Waals surface area contributed by atoms with Gasteiger partial charge >= 0.3 is 0 Å². The largest absolute Gasteiger partial charge is 0.343 e. The van der Waals surface area contributed by atoms with Gasteiger partial charge in [0.2, 0.25) is 0 Å². The average molecular weight is 334 g/mol. The standard InChI is InChI=1S/C10H15IN4O/c1-14(2)10(16)9-8(11)7-6-12-4-3-5-15(7)13-9/h12H,3-6H2,1-2H3. The Morgan fingerprint density at radius 3 is 3.00 bits per heavy atom. The van der Waals surface area contributed by atoms with E-state index >= 15 is 0 Å². The van der Waals surface area contributed by atoms with Crippen LogP contribution in [0.1, 0.15) is 22.6 Å². The molecule has 1 amide bonds. The summed E-state index contributed by atoms with van der Waals surface area (Å²) in [5, 5.41) is 7.74. The maximum Gasteiger partial charge on any atom is 0.274 e. The molecule has 0 aliphatic carbocycles. The number of amides is 1. The van der Waals surface area contributed by atoms with Crippen LogP contribution in [0.15, 0.2) is 0 Å². The Kier molecular flexibility index (Phi) is 3.48. The quantitative estimate of drug-likeness (QED) is 0.769. The summed E-state index contributed by atoms with van der Waals surface area (Å²) in [7, 11) is 3.50. The van der Waals surface area contributed by atoms with Crippen LogP contribution in [0, 0.1) is 3.57 Å². The number of fused-ring (bicyclic) bond motifs is 1. The van der Waals surface area contributed by atoms with E-state index in [9.17, 15) is 4.79 Å². The van der Waals surface area contributed by atoms with Gasteiger partial charge in [-0.3, -0.25) is 9.48 Å². The number of aryl methyl sites for hydroxylation is 1. The second-order valence-corrected chi connectivity index (χ2v) is 5.14. The Labute approximate surface area is 108 Å². The van der Waals surface area contributed by atoms with Gasteiger partial charge < -0.3 is 10.2 Å². The first kappa shape index (κ1) is 11.8. The van der Waals surface area contributed by atoms with Crippen molar-refractivity contribution in [3.8, 4) is 0 Å². The number of halogens is 1. The van der Waals surface area contributed by atoms with Gasteiger partial charge in [0.1, 0.15) is 0 Å². The van der Waals surface area contributed by atoms with Crippen LogP contribution in [0.4, 0.5) is 0 Å². The highest BCUT2D eigenvalue weighted by atomic mass is 127. The molecule has 2 heterocycles. The lowest BCUT2D eigenvalue weighted by Crippen LogP contribution is -2.23.